The number of aliphatic carboxylic acids is 2. The van der Waals surface area contributed by atoms with Crippen molar-refractivity contribution in [2.75, 3.05) is 18.1 Å². The molecule has 3 rings (SSSR count). The van der Waals surface area contributed by atoms with Gasteiger partial charge in [-0.3, -0.25) is 19.7 Å². The third kappa shape index (κ3) is 5.84. The number of nitrogens with one attached hydrogen (secondary N) is 1. The maximum Gasteiger partial charge on any atom is 0.323 e. The van der Waals surface area contributed by atoms with Gasteiger partial charge in [0.25, 0.3) is 0 Å². The van der Waals surface area contributed by atoms with Crippen molar-refractivity contribution < 1.29 is 24.6 Å². The number of aryl methyl sites for hydroxylation is 1. The minimum atomic E-state index is -1.09. The Morgan fingerprint density at radius 1 is 1.13 bits per heavy atom. The Morgan fingerprint density at radius 3 is 2.53 bits per heavy atom. The fourth-order valence-electron chi connectivity index (χ4n) is 3.48. The number of hydrogen-bond acceptors (Lipinski definition) is 6. The van der Waals surface area contributed by atoms with Gasteiger partial charge < -0.3 is 15.1 Å². The van der Waals surface area contributed by atoms with Gasteiger partial charge in [-0.05, 0) is 29.9 Å². The maximum absolute atomic E-state index is 13.3. The van der Waals surface area contributed by atoms with Crippen LogP contribution in [0.3, 0.4) is 0 Å². The van der Waals surface area contributed by atoms with Gasteiger partial charge >= 0.3 is 11.9 Å². The fraction of sp³-hybridized carbons (Fsp3) is 0.381. The highest BCUT2D eigenvalue weighted by Crippen LogP contribution is 2.29. The van der Waals surface area contributed by atoms with Gasteiger partial charge in [0.15, 0.2) is 0 Å². The summed E-state index contributed by atoms with van der Waals surface area (Å²) in [5.74, 6) is -1.55. The highest BCUT2D eigenvalue weighted by atomic mass is 32.2. The molecule has 1 aromatic carbocycles. The first kappa shape index (κ1) is 22.3. The molecule has 0 aliphatic carbocycles. The number of benzene rings is 1. The molecule has 3 N–H and O–H groups in total. The van der Waals surface area contributed by atoms with Crippen LogP contribution >= 0.6 is 23.1 Å². The molecule has 0 bridgehead atoms. The van der Waals surface area contributed by atoms with Crippen LogP contribution in [0.5, 0.6) is 0 Å². The summed E-state index contributed by atoms with van der Waals surface area (Å²) in [5.41, 5.74) is 0.868. The van der Waals surface area contributed by atoms with E-state index in [0.717, 1.165) is 10.4 Å². The molecule has 7 nitrogen and oxygen atoms in total. The summed E-state index contributed by atoms with van der Waals surface area (Å²) < 4.78 is 0. The van der Waals surface area contributed by atoms with Gasteiger partial charge in [-0.1, -0.05) is 36.4 Å². The first-order valence-corrected chi connectivity index (χ1v) is 11.7. The lowest BCUT2D eigenvalue weighted by atomic mass is 10.1. The normalized spacial score (nSPS) is 20.5. The molecule has 0 spiro atoms. The monoisotopic (exact) mass is 448 g/mol. The number of thioether (sulfide) groups is 1. The van der Waals surface area contributed by atoms with E-state index in [0.29, 0.717) is 24.3 Å². The third-order valence-corrected chi connectivity index (χ3v) is 7.02. The number of amides is 1. The van der Waals surface area contributed by atoms with Crippen LogP contribution in [0.1, 0.15) is 22.9 Å². The summed E-state index contributed by atoms with van der Waals surface area (Å²) in [4.78, 5) is 38.9. The van der Waals surface area contributed by atoms with Crippen molar-refractivity contribution in [3.63, 3.8) is 0 Å². The van der Waals surface area contributed by atoms with Crippen molar-refractivity contribution in [3.8, 4) is 0 Å². The van der Waals surface area contributed by atoms with Crippen LogP contribution in [0, 0.1) is 0 Å². The van der Waals surface area contributed by atoms with Crippen LogP contribution < -0.4 is 5.32 Å². The number of carbonyl (C=O) groups is 3. The summed E-state index contributed by atoms with van der Waals surface area (Å²) in [6, 6.07) is 11.2. The van der Waals surface area contributed by atoms with E-state index < -0.39 is 30.6 Å². The van der Waals surface area contributed by atoms with Crippen LogP contribution in [-0.4, -0.2) is 63.1 Å². The lowest BCUT2D eigenvalue weighted by Gasteiger charge is -2.31. The number of rotatable bonds is 9. The molecule has 9 heteroatoms. The van der Waals surface area contributed by atoms with Gasteiger partial charge in [0.05, 0.1) is 12.1 Å². The van der Waals surface area contributed by atoms with E-state index in [9.17, 15) is 24.6 Å². The number of carboxylic acid groups (broad SMARTS) is 2. The molecular weight excluding hydrogens is 424 g/mol. The third-order valence-electron chi connectivity index (χ3n) is 4.97. The van der Waals surface area contributed by atoms with E-state index in [2.05, 4.69) is 5.32 Å². The Labute approximate surface area is 183 Å². The van der Waals surface area contributed by atoms with Gasteiger partial charge in [0.1, 0.15) is 12.6 Å². The van der Waals surface area contributed by atoms with E-state index in [4.69, 9.17) is 0 Å². The predicted octanol–water partition coefficient (Wildman–Crippen LogP) is 2.49. The molecule has 2 aromatic rings. The predicted molar refractivity (Wildman–Crippen MR) is 117 cm³/mol. The summed E-state index contributed by atoms with van der Waals surface area (Å²) in [6.45, 7) is -0.427. The minimum Gasteiger partial charge on any atom is -0.480 e. The second-order valence-corrected chi connectivity index (χ2v) is 9.16. The van der Waals surface area contributed by atoms with Crippen LogP contribution in [0.4, 0.5) is 0 Å². The van der Waals surface area contributed by atoms with Gasteiger partial charge in [-0.2, -0.15) is 11.8 Å². The molecule has 0 radical (unpaired) electrons. The van der Waals surface area contributed by atoms with Crippen LogP contribution in [-0.2, 0) is 20.8 Å². The summed E-state index contributed by atoms with van der Waals surface area (Å²) >= 11 is 3.09. The zero-order chi connectivity index (χ0) is 21.5. The first-order valence-electron chi connectivity index (χ1n) is 9.62. The molecule has 3 unspecified atom stereocenters. The molecule has 1 aliphatic heterocycles. The fourth-order valence-corrected chi connectivity index (χ4v) is 5.41. The Bertz CT molecular complexity index is 860. The largest absolute Gasteiger partial charge is 0.480 e. The van der Waals surface area contributed by atoms with Crippen LogP contribution in [0.15, 0.2) is 47.8 Å². The van der Waals surface area contributed by atoms with E-state index in [-0.39, 0.29) is 11.9 Å². The summed E-state index contributed by atoms with van der Waals surface area (Å²) in [7, 11) is 0. The molecule has 30 heavy (non-hydrogen) atoms. The Kier molecular flexibility index (Phi) is 7.89. The molecule has 160 valence electrons. The molecular formula is C21H24N2O5S2. The molecule has 1 aromatic heterocycles. The van der Waals surface area contributed by atoms with Gasteiger partial charge in [-0.15, -0.1) is 11.3 Å². The molecule has 1 amide bonds. The van der Waals surface area contributed by atoms with Crippen molar-refractivity contribution in [1.82, 2.24) is 10.2 Å². The smallest absolute Gasteiger partial charge is 0.323 e. The van der Waals surface area contributed by atoms with E-state index in [1.165, 1.54) is 16.7 Å². The molecule has 2 heterocycles. The zero-order valence-electron chi connectivity index (χ0n) is 16.3. The number of carboxylic acids is 2. The van der Waals surface area contributed by atoms with E-state index in [1.54, 1.807) is 11.3 Å². The summed E-state index contributed by atoms with van der Waals surface area (Å²) in [6.07, 6.45) is 0.951. The minimum absolute atomic E-state index is 0.353. The quantitative estimate of drug-likeness (QED) is 0.541. The Morgan fingerprint density at radius 2 is 1.90 bits per heavy atom. The number of nitrogens with zero attached hydrogens (tertiary/aromatic N) is 1. The van der Waals surface area contributed by atoms with Crippen molar-refractivity contribution in [1.29, 1.82) is 0 Å². The second kappa shape index (κ2) is 10.6. The highest BCUT2D eigenvalue weighted by Gasteiger charge is 2.37. The number of hydrogen-bond donors (Lipinski definition) is 3. The van der Waals surface area contributed by atoms with Gasteiger partial charge in [-0.25, -0.2) is 0 Å². The van der Waals surface area contributed by atoms with Crippen molar-refractivity contribution in [3.05, 3.63) is 58.3 Å². The van der Waals surface area contributed by atoms with Crippen LogP contribution in [0.2, 0.25) is 0 Å². The summed E-state index contributed by atoms with van der Waals surface area (Å²) in [5, 5.41) is 23.9. The van der Waals surface area contributed by atoms with Crippen molar-refractivity contribution in [2.45, 2.75) is 31.0 Å². The first-order chi connectivity index (χ1) is 14.5. The standard InChI is InChI=1S/C21H24N2O5S2/c24-19(25)11-23-18(14-5-2-1-3-6-14)13-29-12-17(20(23)26)22-16(21(27)28)9-8-15-7-4-10-30-15/h1-7,10,16-18,22H,8-9,11-13H2,(H,24,25)(H,27,28). The van der Waals surface area contributed by atoms with Crippen molar-refractivity contribution >= 4 is 40.9 Å². The Balaban J connectivity index is 1.76. The average molecular weight is 449 g/mol. The topological polar surface area (TPSA) is 107 Å². The van der Waals surface area contributed by atoms with Crippen molar-refractivity contribution in [2.24, 2.45) is 0 Å². The molecule has 1 saturated heterocycles. The van der Waals surface area contributed by atoms with E-state index >= 15 is 0 Å². The molecule has 0 saturated carbocycles. The lowest BCUT2D eigenvalue weighted by Crippen LogP contribution is -2.53. The molecule has 3 atom stereocenters. The maximum atomic E-state index is 13.3. The van der Waals surface area contributed by atoms with Gasteiger partial charge in [0.2, 0.25) is 5.91 Å². The SMILES string of the molecule is O=C(O)CN1C(=O)C(NC(CCc2cccs2)C(=O)O)CSCC1c1ccccc1. The number of thiophene rings is 1. The Hall–Kier alpha value is -2.36. The lowest BCUT2D eigenvalue weighted by molar-refractivity contribution is -0.147. The van der Waals surface area contributed by atoms with Crippen LogP contribution in [0.25, 0.3) is 0 Å². The number of carbonyl (C=O) groups excluding carboxylic acids is 1. The average Bonchev–Trinajstić information content (AvgIpc) is 3.19. The van der Waals surface area contributed by atoms with Gasteiger partial charge in [0, 0.05) is 16.4 Å². The highest BCUT2D eigenvalue weighted by molar-refractivity contribution is 7.99. The van der Waals surface area contributed by atoms with E-state index in [1.807, 2.05) is 47.8 Å². The second-order valence-electron chi connectivity index (χ2n) is 7.05. The molecule has 1 aliphatic rings. The molecule has 1 fully saturated rings. The zero-order valence-corrected chi connectivity index (χ0v) is 17.9.